The van der Waals surface area contributed by atoms with E-state index in [0.717, 1.165) is 51.7 Å². The van der Waals surface area contributed by atoms with Gasteiger partial charge >= 0.3 is 0 Å². The number of carbonyl (C=O) groups excluding carboxylic acids is 2. The Morgan fingerprint density at radius 3 is 2.59 bits per heavy atom. The van der Waals surface area contributed by atoms with Crippen LogP contribution in [0, 0.1) is 5.92 Å². The molecule has 0 bridgehead atoms. The molecular formula is C13H22N2O2. The third-order valence-electron chi connectivity index (χ3n) is 3.92. The van der Waals surface area contributed by atoms with Crippen LogP contribution in [-0.4, -0.2) is 47.8 Å². The summed E-state index contributed by atoms with van der Waals surface area (Å²) in [7, 11) is 0. The van der Waals surface area contributed by atoms with Gasteiger partial charge in [-0.15, -0.1) is 0 Å². The molecule has 2 aliphatic heterocycles. The Bertz CT molecular complexity index is 298. The van der Waals surface area contributed by atoms with E-state index < -0.39 is 0 Å². The van der Waals surface area contributed by atoms with Crippen LogP contribution in [0.2, 0.25) is 0 Å². The van der Waals surface area contributed by atoms with Crippen molar-refractivity contribution in [1.29, 1.82) is 0 Å². The first-order valence-electron chi connectivity index (χ1n) is 6.79. The highest BCUT2D eigenvalue weighted by Gasteiger charge is 2.30. The van der Waals surface area contributed by atoms with Gasteiger partial charge in [-0.05, 0) is 32.1 Å². The maximum atomic E-state index is 12.1. The number of nitrogens with zero attached hydrogens (tertiary/aromatic N) is 2. The Labute approximate surface area is 103 Å². The molecule has 0 aliphatic carbocycles. The summed E-state index contributed by atoms with van der Waals surface area (Å²) in [5.41, 5.74) is 0. The van der Waals surface area contributed by atoms with Crippen LogP contribution >= 0.6 is 0 Å². The zero-order valence-corrected chi connectivity index (χ0v) is 10.7. The zero-order chi connectivity index (χ0) is 12.3. The number of carbonyl (C=O) groups is 2. The molecule has 0 N–H and O–H groups in total. The van der Waals surface area contributed by atoms with Crippen molar-refractivity contribution in [3.8, 4) is 0 Å². The highest BCUT2D eigenvalue weighted by atomic mass is 16.2. The van der Waals surface area contributed by atoms with Crippen molar-refractivity contribution in [1.82, 2.24) is 9.80 Å². The molecule has 0 aromatic rings. The molecule has 0 aromatic heterocycles. The van der Waals surface area contributed by atoms with Crippen LogP contribution in [0.1, 0.15) is 39.0 Å². The molecule has 4 heteroatoms. The van der Waals surface area contributed by atoms with E-state index in [0.29, 0.717) is 6.54 Å². The number of rotatable bonds is 3. The largest absolute Gasteiger partial charge is 0.341 e. The standard InChI is InChI=1S/C13H22N2O2/c1-2-11-6-5-9-15(13(11)17)10-12(16)14-7-3-4-8-14/h11H,2-10H2,1H3/t11-/m0/s1. The van der Waals surface area contributed by atoms with Crippen LogP contribution in [0.25, 0.3) is 0 Å². The van der Waals surface area contributed by atoms with E-state index in [1.165, 1.54) is 0 Å². The second kappa shape index (κ2) is 5.52. The summed E-state index contributed by atoms with van der Waals surface area (Å²) in [4.78, 5) is 27.7. The fourth-order valence-electron chi connectivity index (χ4n) is 2.79. The molecule has 2 rings (SSSR count). The van der Waals surface area contributed by atoms with Gasteiger partial charge in [0.25, 0.3) is 0 Å². The maximum Gasteiger partial charge on any atom is 0.242 e. The fourth-order valence-corrected chi connectivity index (χ4v) is 2.79. The highest BCUT2D eigenvalue weighted by Crippen LogP contribution is 2.21. The Balaban J connectivity index is 1.88. The van der Waals surface area contributed by atoms with E-state index in [1.54, 1.807) is 4.90 Å². The van der Waals surface area contributed by atoms with E-state index in [1.807, 2.05) is 11.8 Å². The summed E-state index contributed by atoms with van der Waals surface area (Å²) >= 11 is 0. The van der Waals surface area contributed by atoms with Gasteiger partial charge in [-0.2, -0.15) is 0 Å². The Kier molecular flexibility index (Phi) is 4.02. The van der Waals surface area contributed by atoms with Crippen molar-refractivity contribution < 1.29 is 9.59 Å². The first-order chi connectivity index (χ1) is 8.22. The lowest BCUT2D eigenvalue weighted by Crippen LogP contribution is -2.46. The summed E-state index contributed by atoms with van der Waals surface area (Å²) in [5.74, 6) is 0.467. The monoisotopic (exact) mass is 238 g/mol. The second-order valence-electron chi connectivity index (χ2n) is 5.10. The van der Waals surface area contributed by atoms with Gasteiger partial charge in [-0.1, -0.05) is 6.92 Å². The van der Waals surface area contributed by atoms with Crippen molar-refractivity contribution in [2.24, 2.45) is 5.92 Å². The summed E-state index contributed by atoms with van der Waals surface area (Å²) in [6.45, 7) is 4.86. The van der Waals surface area contributed by atoms with Gasteiger partial charge in [0.1, 0.15) is 0 Å². The molecule has 0 radical (unpaired) electrons. The average Bonchev–Trinajstić information content (AvgIpc) is 2.85. The number of amides is 2. The molecular weight excluding hydrogens is 216 g/mol. The van der Waals surface area contributed by atoms with Crippen LogP contribution in [0.5, 0.6) is 0 Å². The summed E-state index contributed by atoms with van der Waals surface area (Å²) in [6, 6.07) is 0. The van der Waals surface area contributed by atoms with Gasteiger partial charge in [0.15, 0.2) is 0 Å². The molecule has 2 aliphatic rings. The van der Waals surface area contributed by atoms with Gasteiger partial charge in [-0.3, -0.25) is 9.59 Å². The predicted octanol–water partition coefficient (Wildman–Crippen LogP) is 1.26. The van der Waals surface area contributed by atoms with Crippen molar-refractivity contribution >= 4 is 11.8 Å². The van der Waals surface area contributed by atoms with Crippen molar-refractivity contribution in [3.05, 3.63) is 0 Å². The molecule has 0 unspecified atom stereocenters. The van der Waals surface area contributed by atoms with Gasteiger partial charge in [0.2, 0.25) is 11.8 Å². The third kappa shape index (κ3) is 2.79. The average molecular weight is 238 g/mol. The summed E-state index contributed by atoms with van der Waals surface area (Å²) in [5, 5.41) is 0. The molecule has 0 spiro atoms. The lowest BCUT2D eigenvalue weighted by Gasteiger charge is -2.32. The maximum absolute atomic E-state index is 12.1. The molecule has 2 amide bonds. The molecule has 4 nitrogen and oxygen atoms in total. The van der Waals surface area contributed by atoms with E-state index in [2.05, 4.69) is 0 Å². The third-order valence-corrected chi connectivity index (χ3v) is 3.92. The van der Waals surface area contributed by atoms with E-state index in [9.17, 15) is 9.59 Å². The van der Waals surface area contributed by atoms with Gasteiger partial charge in [-0.25, -0.2) is 0 Å². The minimum Gasteiger partial charge on any atom is -0.341 e. The van der Waals surface area contributed by atoms with Crippen LogP contribution in [0.15, 0.2) is 0 Å². The second-order valence-corrected chi connectivity index (χ2v) is 5.10. The molecule has 1 atom stereocenters. The van der Waals surface area contributed by atoms with Gasteiger partial charge in [0, 0.05) is 25.6 Å². The quantitative estimate of drug-likeness (QED) is 0.742. The summed E-state index contributed by atoms with van der Waals surface area (Å²) in [6.07, 6.45) is 5.14. The Morgan fingerprint density at radius 2 is 1.94 bits per heavy atom. The lowest BCUT2D eigenvalue weighted by molar-refractivity contribution is -0.144. The smallest absolute Gasteiger partial charge is 0.242 e. The lowest BCUT2D eigenvalue weighted by atomic mass is 9.94. The molecule has 2 fully saturated rings. The molecule has 0 aromatic carbocycles. The van der Waals surface area contributed by atoms with Crippen molar-refractivity contribution in [3.63, 3.8) is 0 Å². The highest BCUT2D eigenvalue weighted by molar-refractivity contribution is 5.86. The van der Waals surface area contributed by atoms with Crippen molar-refractivity contribution in [2.75, 3.05) is 26.2 Å². The van der Waals surface area contributed by atoms with Crippen LogP contribution < -0.4 is 0 Å². The zero-order valence-electron chi connectivity index (χ0n) is 10.7. The van der Waals surface area contributed by atoms with Gasteiger partial charge < -0.3 is 9.80 Å². The van der Waals surface area contributed by atoms with Crippen LogP contribution in [0.4, 0.5) is 0 Å². The fraction of sp³-hybridized carbons (Fsp3) is 0.846. The molecule has 17 heavy (non-hydrogen) atoms. The molecule has 96 valence electrons. The number of hydrogen-bond donors (Lipinski definition) is 0. The molecule has 2 saturated heterocycles. The Morgan fingerprint density at radius 1 is 1.24 bits per heavy atom. The van der Waals surface area contributed by atoms with Gasteiger partial charge in [0.05, 0.1) is 6.54 Å². The first-order valence-corrected chi connectivity index (χ1v) is 6.79. The number of likely N-dealkylation sites (tertiary alicyclic amines) is 2. The minimum atomic E-state index is 0.132. The van der Waals surface area contributed by atoms with Crippen molar-refractivity contribution in [2.45, 2.75) is 39.0 Å². The topological polar surface area (TPSA) is 40.6 Å². The number of piperidine rings is 1. The SMILES string of the molecule is CC[C@H]1CCCN(CC(=O)N2CCCC2)C1=O. The molecule has 0 saturated carbocycles. The number of hydrogen-bond acceptors (Lipinski definition) is 2. The summed E-state index contributed by atoms with van der Waals surface area (Å²) < 4.78 is 0. The first kappa shape index (κ1) is 12.4. The van der Waals surface area contributed by atoms with E-state index >= 15 is 0 Å². The molecule has 2 heterocycles. The predicted molar refractivity (Wildman–Crippen MR) is 65.4 cm³/mol. The minimum absolute atomic E-state index is 0.132. The van der Waals surface area contributed by atoms with Crippen LogP contribution in [0.3, 0.4) is 0 Å². The van der Waals surface area contributed by atoms with Crippen LogP contribution in [-0.2, 0) is 9.59 Å². The Hall–Kier alpha value is -1.06. The van der Waals surface area contributed by atoms with E-state index in [-0.39, 0.29) is 17.7 Å². The van der Waals surface area contributed by atoms with E-state index in [4.69, 9.17) is 0 Å². The normalized spacial score (nSPS) is 25.5.